The highest BCUT2D eigenvalue weighted by molar-refractivity contribution is 6.13. The molecule has 3 aromatic heterocycles. The highest BCUT2D eigenvalue weighted by Crippen LogP contribution is 2.46. The Morgan fingerprint density at radius 3 is 1.01 bits per heavy atom. The van der Waals surface area contributed by atoms with Crippen molar-refractivity contribution in [2.24, 2.45) is 0 Å². The first-order valence-electron chi connectivity index (χ1n) is 24.1. The lowest BCUT2D eigenvalue weighted by molar-refractivity contribution is -0.137. The molecule has 12 rings (SSSR count). The van der Waals surface area contributed by atoms with Gasteiger partial charge in [0.1, 0.15) is 0 Å². The summed E-state index contributed by atoms with van der Waals surface area (Å²) in [6, 6.07) is 75.0. The van der Waals surface area contributed by atoms with Gasteiger partial charge in [-0.25, -0.2) is 19.9 Å². The summed E-state index contributed by atoms with van der Waals surface area (Å²) < 4.78 is 49.8. The van der Waals surface area contributed by atoms with E-state index in [9.17, 15) is 10.5 Å². The molecule has 0 amide bonds. The van der Waals surface area contributed by atoms with Gasteiger partial charge in [-0.1, -0.05) is 170 Å². The summed E-state index contributed by atoms with van der Waals surface area (Å²) in [5, 5.41) is 22.0. The standard InChI is InChI=1S/C65H38F3N7/c66-65(67,68)49-35-54(63-71-56(41-17-5-1-6-18-41)37-57(72-63)42-19-7-2-8-20-42)62(55(36-49)64-73-58(43-21-9-3-10-22-43)38-59(74-64)44-23-11-4-12-24-44)75-60-31-29-45(50-27-15-13-25-47(50)39-69)33-52(60)53-34-46(30-32-61(53)75)51-28-16-14-26-48(51)40-70/h1-38H. The fourth-order valence-corrected chi connectivity index (χ4v) is 9.81. The molecule has 12 aromatic rings. The highest BCUT2D eigenvalue weighted by atomic mass is 19.4. The highest BCUT2D eigenvalue weighted by Gasteiger charge is 2.35. The van der Waals surface area contributed by atoms with Crippen molar-refractivity contribution < 1.29 is 13.2 Å². The second-order valence-corrected chi connectivity index (χ2v) is 17.9. The molecule has 0 aliphatic carbocycles. The van der Waals surface area contributed by atoms with Gasteiger partial charge in [0.15, 0.2) is 11.6 Å². The molecule has 9 aromatic carbocycles. The number of nitrogens with zero attached hydrogens (tertiary/aromatic N) is 7. The quantitative estimate of drug-likeness (QED) is 0.143. The van der Waals surface area contributed by atoms with Crippen LogP contribution in [0.3, 0.4) is 0 Å². The third kappa shape index (κ3) is 8.63. The van der Waals surface area contributed by atoms with Crippen LogP contribution in [0, 0.1) is 22.7 Å². The van der Waals surface area contributed by atoms with Crippen LogP contribution in [0.2, 0.25) is 0 Å². The zero-order chi connectivity index (χ0) is 51.0. The molecule has 0 atom stereocenters. The second-order valence-electron chi connectivity index (χ2n) is 17.9. The molecule has 0 bridgehead atoms. The Balaban J connectivity index is 1.26. The van der Waals surface area contributed by atoms with E-state index in [0.717, 1.165) is 56.3 Å². The largest absolute Gasteiger partial charge is 0.416 e. The van der Waals surface area contributed by atoms with Crippen molar-refractivity contribution in [3.05, 3.63) is 247 Å². The number of aromatic nitrogens is 5. The first-order chi connectivity index (χ1) is 36.7. The first-order valence-corrected chi connectivity index (χ1v) is 24.1. The Bertz CT molecular complexity index is 3860. The number of halogens is 3. The lowest BCUT2D eigenvalue weighted by Crippen LogP contribution is -2.11. The molecule has 75 heavy (non-hydrogen) atoms. The van der Waals surface area contributed by atoms with E-state index in [-0.39, 0.29) is 22.8 Å². The van der Waals surface area contributed by atoms with Crippen LogP contribution in [0.5, 0.6) is 0 Å². The Hall–Kier alpha value is -10.3. The van der Waals surface area contributed by atoms with Crippen LogP contribution in [0.25, 0.3) is 118 Å². The Morgan fingerprint density at radius 2 is 0.680 bits per heavy atom. The topological polar surface area (TPSA) is 104 Å². The molecule has 7 nitrogen and oxygen atoms in total. The summed E-state index contributed by atoms with van der Waals surface area (Å²) in [6.45, 7) is 0. The molecule has 0 aliphatic rings. The van der Waals surface area contributed by atoms with Gasteiger partial charge in [0, 0.05) is 44.2 Å². The van der Waals surface area contributed by atoms with Gasteiger partial charge in [0.25, 0.3) is 0 Å². The maximum absolute atomic E-state index is 15.9. The van der Waals surface area contributed by atoms with E-state index in [0.29, 0.717) is 61.8 Å². The van der Waals surface area contributed by atoms with Gasteiger partial charge in [-0.2, -0.15) is 23.7 Å². The summed E-state index contributed by atoms with van der Waals surface area (Å²) in [7, 11) is 0. The fraction of sp³-hybridized carbons (Fsp3) is 0.0154. The monoisotopic (exact) mass is 973 g/mol. The van der Waals surface area contributed by atoms with Crippen LogP contribution in [-0.4, -0.2) is 24.5 Å². The van der Waals surface area contributed by atoms with Crippen molar-refractivity contribution in [1.82, 2.24) is 24.5 Å². The number of hydrogen-bond donors (Lipinski definition) is 0. The van der Waals surface area contributed by atoms with Crippen molar-refractivity contribution in [2.45, 2.75) is 6.18 Å². The molecule has 354 valence electrons. The number of rotatable bonds is 9. The Kier molecular flexibility index (Phi) is 11.6. The fourth-order valence-electron chi connectivity index (χ4n) is 9.81. The van der Waals surface area contributed by atoms with Crippen LogP contribution in [-0.2, 0) is 6.18 Å². The zero-order valence-corrected chi connectivity index (χ0v) is 39.7. The lowest BCUT2D eigenvalue weighted by atomic mass is 9.96. The zero-order valence-electron chi connectivity index (χ0n) is 39.7. The number of alkyl halides is 3. The molecule has 0 spiro atoms. The van der Waals surface area contributed by atoms with Gasteiger partial charge < -0.3 is 4.57 Å². The van der Waals surface area contributed by atoms with E-state index in [1.54, 1.807) is 12.1 Å². The van der Waals surface area contributed by atoms with Crippen molar-refractivity contribution >= 4 is 21.8 Å². The summed E-state index contributed by atoms with van der Waals surface area (Å²) >= 11 is 0. The van der Waals surface area contributed by atoms with E-state index < -0.39 is 11.7 Å². The molecular formula is C65H38F3N7. The minimum Gasteiger partial charge on any atom is -0.308 e. The van der Waals surface area contributed by atoms with E-state index in [4.69, 9.17) is 19.9 Å². The van der Waals surface area contributed by atoms with Crippen LogP contribution >= 0.6 is 0 Å². The lowest BCUT2D eigenvalue weighted by Gasteiger charge is -2.21. The Labute approximate surface area is 429 Å². The molecule has 0 radical (unpaired) electrons. The van der Waals surface area contributed by atoms with E-state index in [1.165, 1.54) is 0 Å². The predicted molar refractivity (Wildman–Crippen MR) is 290 cm³/mol. The SMILES string of the molecule is N#Cc1ccccc1-c1ccc2c(c1)c1cc(-c3ccccc3C#N)ccc1n2-c1c(-c2nc(-c3ccccc3)cc(-c3ccccc3)n2)cc(C(F)(F)F)cc1-c1nc(-c2ccccc2)cc(-c2ccccc2)n1. The number of nitriles is 2. The number of benzene rings is 9. The summed E-state index contributed by atoms with van der Waals surface area (Å²) in [5.74, 6) is 0.0726. The normalized spacial score (nSPS) is 11.4. The van der Waals surface area contributed by atoms with Gasteiger partial charge in [-0.15, -0.1) is 0 Å². The van der Waals surface area contributed by atoms with E-state index in [1.807, 2.05) is 211 Å². The summed E-state index contributed by atoms with van der Waals surface area (Å²) in [6.07, 6.45) is -4.85. The predicted octanol–water partition coefficient (Wildman–Crippen LogP) is 16.5. The van der Waals surface area contributed by atoms with Crippen molar-refractivity contribution in [2.75, 3.05) is 0 Å². The van der Waals surface area contributed by atoms with Gasteiger partial charge in [-0.05, 0) is 82.9 Å². The maximum atomic E-state index is 15.9. The molecule has 3 heterocycles. The first kappa shape index (κ1) is 45.8. The van der Waals surface area contributed by atoms with E-state index >= 15 is 13.2 Å². The molecule has 0 fully saturated rings. The van der Waals surface area contributed by atoms with Gasteiger partial charge in [0.2, 0.25) is 0 Å². The third-order valence-electron chi connectivity index (χ3n) is 13.4. The van der Waals surface area contributed by atoms with Crippen molar-refractivity contribution in [3.63, 3.8) is 0 Å². The maximum Gasteiger partial charge on any atom is 0.416 e. The molecule has 0 N–H and O–H groups in total. The van der Waals surface area contributed by atoms with Crippen LogP contribution < -0.4 is 0 Å². The Morgan fingerprint density at radius 1 is 0.347 bits per heavy atom. The molecular weight excluding hydrogens is 936 g/mol. The van der Waals surface area contributed by atoms with Gasteiger partial charge >= 0.3 is 6.18 Å². The van der Waals surface area contributed by atoms with Crippen LogP contribution in [0.15, 0.2) is 231 Å². The molecule has 0 unspecified atom stereocenters. The average Bonchev–Trinajstić information content (AvgIpc) is 3.89. The second kappa shape index (κ2) is 19.0. The van der Waals surface area contributed by atoms with Gasteiger partial charge in [-0.3, -0.25) is 0 Å². The summed E-state index contributed by atoms with van der Waals surface area (Å²) in [4.78, 5) is 20.7. The average molecular weight is 974 g/mol. The molecule has 0 saturated heterocycles. The van der Waals surface area contributed by atoms with E-state index in [2.05, 4.69) is 12.1 Å². The van der Waals surface area contributed by atoms with Crippen molar-refractivity contribution in [1.29, 1.82) is 10.5 Å². The van der Waals surface area contributed by atoms with Crippen LogP contribution in [0.1, 0.15) is 16.7 Å². The summed E-state index contributed by atoms with van der Waals surface area (Å²) in [5.41, 5.74) is 9.61. The number of hydrogen-bond acceptors (Lipinski definition) is 6. The van der Waals surface area contributed by atoms with Crippen LogP contribution in [0.4, 0.5) is 13.2 Å². The molecule has 0 aliphatic heterocycles. The minimum atomic E-state index is -4.85. The molecule has 10 heteroatoms. The minimum absolute atomic E-state index is 0.0363. The van der Waals surface area contributed by atoms with Gasteiger partial charge in [0.05, 0.1) is 68.3 Å². The smallest absolute Gasteiger partial charge is 0.308 e. The number of fused-ring (bicyclic) bond motifs is 3. The van der Waals surface area contributed by atoms with Crippen molar-refractivity contribution in [3.8, 4) is 108 Å². The third-order valence-corrected chi connectivity index (χ3v) is 13.4. The molecule has 0 saturated carbocycles.